The third-order valence-electron chi connectivity index (χ3n) is 6.63. The molecule has 3 aromatic heterocycles. The standard InChI is InChI=1S/C32H20N2O/c1-2-16-34-29(5-1)23-10-7-21(8-11-23)24-13-14-30-28(19-24)32-27(4-3-6-31(32)35-30)25-12-9-22-15-17-33-20-26(22)18-25/h1-20H. The van der Waals surface area contributed by atoms with E-state index in [1.165, 1.54) is 5.39 Å². The topological polar surface area (TPSA) is 38.9 Å². The molecular weight excluding hydrogens is 428 g/mol. The Morgan fingerprint density at radius 3 is 2.29 bits per heavy atom. The molecule has 0 aliphatic carbocycles. The molecule has 7 rings (SSSR count). The van der Waals surface area contributed by atoms with Crippen LogP contribution < -0.4 is 0 Å². The highest BCUT2D eigenvalue weighted by Crippen LogP contribution is 2.39. The summed E-state index contributed by atoms with van der Waals surface area (Å²) >= 11 is 0. The fourth-order valence-electron chi connectivity index (χ4n) is 4.87. The van der Waals surface area contributed by atoms with Crippen LogP contribution >= 0.6 is 0 Å². The molecule has 3 heteroatoms. The van der Waals surface area contributed by atoms with Crippen molar-refractivity contribution in [2.45, 2.75) is 0 Å². The molecule has 35 heavy (non-hydrogen) atoms. The van der Waals surface area contributed by atoms with E-state index in [-0.39, 0.29) is 0 Å². The molecule has 0 aliphatic rings. The second-order valence-corrected chi connectivity index (χ2v) is 8.72. The van der Waals surface area contributed by atoms with Gasteiger partial charge in [0.2, 0.25) is 0 Å². The second-order valence-electron chi connectivity index (χ2n) is 8.72. The summed E-state index contributed by atoms with van der Waals surface area (Å²) in [6.45, 7) is 0. The summed E-state index contributed by atoms with van der Waals surface area (Å²) in [6.07, 6.45) is 5.57. The van der Waals surface area contributed by atoms with Crippen molar-refractivity contribution in [2.75, 3.05) is 0 Å². The first-order valence-corrected chi connectivity index (χ1v) is 11.6. The van der Waals surface area contributed by atoms with Crippen LogP contribution in [0.4, 0.5) is 0 Å². The maximum atomic E-state index is 6.25. The van der Waals surface area contributed by atoms with Crippen molar-refractivity contribution in [1.82, 2.24) is 9.97 Å². The first-order chi connectivity index (χ1) is 17.3. The molecule has 0 aliphatic heterocycles. The van der Waals surface area contributed by atoms with Crippen LogP contribution in [0.2, 0.25) is 0 Å². The minimum Gasteiger partial charge on any atom is -0.456 e. The molecule has 3 nitrogen and oxygen atoms in total. The van der Waals surface area contributed by atoms with Crippen molar-refractivity contribution in [1.29, 1.82) is 0 Å². The molecule has 4 aromatic carbocycles. The van der Waals surface area contributed by atoms with Gasteiger partial charge >= 0.3 is 0 Å². The molecule has 3 heterocycles. The zero-order valence-corrected chi connectivity index (χ0v) is 18.8. The molecule has 0 spiro atoms. The van der Waals surface area contributed by atoms with Gasteiger partial charge in [-0.3, -0.25) is 9.97 Å². The molecule has 0 fully saturated rings. The first-order valence-electron chi connectivity index (χ1n) is 11.6. The molecule has 0 bridgehead atoms. The Morgan fingerprint density at radius 1 is 0.543 bits per heavy atom. The Bertz CT molecular complexity index is 1830. The summed E-state index contributed by atoms with van der Waals surface area (Å²) in [7, 11) is 0. The van der Waals surface area contributed by atoms with Gasteiger partial charge in [-0.15, -0.1) is 0 Å². The summed E-state index contributed by atoms with van der Waals surface area (Å²) in [6, 6.07) is 35.8. The summed E-state index contributed by atoms with van der Waals surface area (Å²) in [4.78, 5) is 8.76. The first kappa shape index (κ1) is 19.7. The molecule has 164 valence electrons. The van der Waals surface area contributed by atoms with E-state index < -0.39 is 0 Å². The van der Waals surface area contributed by atoms with E-state index in [2.05, 4.69) is 82.8 Å². The van der Waals surface area contributed by atoms with Gasteiger partial charge in [0.25, 0.3) is 0 Å². The number of hydrogen-bond donors (Lipinski definition) is 0. The number of hydrogen-bond acceptors (Lipinski definition) is 3. The lowest BCUT2D eigenvalue weighted by Gasteiger charge is -2.07. The Labute approximate surface area is 202 Å². The summed E-state index contributed by atoms with van der Waals surface area (Å²) in [5.41, 5.74) is 8.51. The van der Waals surface area contributed by atoms with E-state index in [1.54, 1.807) is 0 Å². The number of benzene rings is 4. The fourth-order valence-corrected chi connectivity index (χ4v) is 4.87. The van der Waals surface area contributed by atoms with E-state index in [4.69, 9.17) is 4.42 Å². The van der Waals surface area contributed by atoms with E-state index in [1.807, 2.05) is 48.9 Å². The lowest BCUT2D eigenvalue weighted by Crippen LogP contribution is -1.84. The van der Waals surface area contributed by atoms with Gasteiger partial charge in [-0.1, -0.05) is 60.7 Å². The third kappa shape index (κ3) is 3.37. The van der Waals surface area contributed by atoms with E-state index in [0.29, 0.717) is 0 Å². The number of furan rings is 1. The molecular formula is C32H20N2O. The monoisotopic (exact) mass is 448 g/mol. The van der Waals surface area contributed by atoms with Crippen molar-refractivity contribution < 1.29 is 4.42 Å². The predicted octanol–water partition coefficient (Wildman–Crippen LogP) is 8.53. The number of pyridine rings is 2. The van der Waals surface area contributed by atoms with Crippen molar-refractivity contribution in [3.05, 3.63) is 122 Å². The Balaban J connectivity index is 1.37. The van der Waals surface area contributed by atoms with Gasteiger partial charge in [-0.25, -0.2) is 0 Å². The second kappa shape index (κ2) is 7.93. The molecule has 0 unspecified atom stereocenters. The van der Waals surface area contributed by atoms with Gasteiger partial charge in [-0.2, -0.15) is 0 Å². The van der Waals surface area contributed by atoms with Crippen LogP contribution in [0.15, 0.2) is 126 Å². The fraction of sp³-hybridized carbons (Fsp3) is 0. The molecule has 0 saturated carbocycles. The van der Waals surface area contributed by atoms with Crippen LogP contribution in [0.5, 0.6) is 0 Å². The van der Waals surface area contributed by atoms with Crippen LogP contribution in [-0.4, -0.2) is 9.97 Å². The Hall–Kier alpha value is -4.76. The zero-order valence-electron chi connectivity index (χ0n) is 18.8. The number of nitrogens with zero attached hydrogens (tertiary/aromatic N) is 2. The average Bonchev–Trinajstić information content (AvgIpc) is 3.31. The largest absolute Gasteiger partial charge is 0.456 e. The maximum Gasteiger partial charge on any atom is 0.136 e. The van der Waals surface area contributed by atoms with Gasteiger partial charge in [-0.05, 0) is 70.1 Å². The van der Waals surface area contributed by atoms with Crippen LogP contribution in [-0.2, 0) is 0 Å². The summed E-state index contributed by atoms with van der Waals surface area (Å²) in [5.74, 6) is 0. The van der Waals surface area contributed by atoms with Crippen molar-refractivity contribution in [3.63, 3.8) is 0 Å². The highest BCUT2D eigenvalue weighted by atomic mass is 16.3. The van der Waals surface area contributed by atoms with Gasteiger partial charge < -0.3 is 4.42 Å². The minimum atomic E-state index is 0.892. The lowest BCUT2D eigenvalue weighted by molar-refractivity contribution is 0.669. The molecule has 0 atom stereocenters. The molecule has 0 amide bonds. The van der Waals surface area contributed by atoms with Crippen molar-refractivity contribution in [2.24, 2.45) is 0 Å². The average molecular weight is 449 g/mol. The van der Waals surface area contributed by atoms with E-state index >= 15 is 0 Å². The highest BCUT2D eigenvalue weighted by molar-refractivity contribution is 6.13. The normalized spacial score (nSPS) is 11.4. The highest BCUT2D eigenvalue weighted by Gasteiger charge is 2.14. The zero-order chi connectivity index (χ0) is 23.2. The third-order valence-corrected chi connectivity index (χ3v) is 6.63. The van der Waals surface area contributed by atoms with Gasteiger partial charge in [0.15, 0.2) is 0 Å². The number of aromatic nitrogens is 2. The maximum absolute atomic E-state index is 6.25. The quantitative estimate of drug-likeness (QED) is 0.272. The Morgan fingerprint density at radius 2 is 1.40 bits per heavy atom. The van der Waals surface area contributed by atoms with Crippen molar-refractivity contribution >= 4 is 32.7 Å². The van der Waals surface area contributed by atoms with Crippen molar-refractivity contribution in [3.8, 4) is 33.5 Å². The molecule has 7 aromatic rings. The van der Waals surface area contributed by atoms with Gasteiger partial charge in [0.1, 0.15) is 11.2 Å². The predicted molar refractivity (Wildman–Crippen MR) is 143 cm³/mol. The van der Waals surface area contributed by atoms with Crippen LogP contribution in [0.25, 0.3) is 66.2 Å². The van der Waals surface area contributed by atoms with Gasteiger partial charge in [0.05, 0.1) is 5.69 Å². The molecule has 0 radical (unpaired) electrons. The Kier molecular flexibility index (Phi) is 4.46. The SMILES string of the molecule is c1ccc(-c2ccc(-c3ccc4oc5cccc(-c6ccc7ccncc7c6)c5c4c3)cc2)nc1. The molecule has 0 N–H and O–H groups in total. The van der Waals surface area contributed by atoms with Crippen LogP contribution in [0, 0.1) is 0 Å². The minimum absolute atomic E-state index is 0.892. The van der Waals surface area contributed by atoms with E-state index in [0.717, 1.165) is 60.8 Å². The van der Waals surface area contributed by atoms with Crippen LogP contribution in [0.1, 0.15) is 0 Å². The molecule has 0 saturated heterocycles. The number of fused-ring (bicyclic) bond motifs is 4. The van der Waals surface area contributed by atoms with E-state index in [9.17, 15) is 0 Å². The van der Waals surface area contributed by atoms with Gasteiger partial charge in [0, 0.05) is 40.3 Å². The smallest absolute Gasteiger partial charge is 0.136 e. The number of rotatable bonds is 3. The summed E-state index contributed by atoms with van der Waals surface area (Å²) < 4.78 is 6.25. The van der Waals surface area contributed by atoms with Crippen LogP contribution in [0.3, 0.4) is 0 Å². The lowest BCUT2D eigenvalue weighted by atomic mass is 9.96. The summed E-state index contributed by atoms with van der Waals surface area (Å²) in [5, 5.41) is 4.57.